The van der Waals surface area contributed by atoms with Gasteiger partial charge in [0.25, 0.3) is 0 Å². The largest absolute Gasteiger partial charge is 0.343 e. The first-order chi connectivity index (χ1) is 7.22. The molecule has 0 aliphatic rings. The second-order valence-electron chi connectivity index (χ2n) is 3.55. The molecule has 0 aliphatic heterocycles. The van der Waals surface area contributed by atoms with Gasteiger partial charge in [0.1, 0.15) is 5.82 Å². The summed E-state index contributed by atoms with van der Waals surface area (Å²) in [6, 6.07) is 4.01. The minimum Gasteiger partial charge on any atom is -0.343 e. The van der Waals surface area contributed by atoms with E-state index in [-0.39, 0.29) is 0 Å². The molecule has 2 heterocycles. The van der Waals surface area contributed by atoms with Crippen molar-refractivity contribution >= 4 is 0 Å². The predicted octanol–water partition coefficient (Wildman–Crippen LogP) is 0.432. The molecular weight excluding hydrogens is 190 g/mol. The molecule has 0 aliphatic carbocycles. The van der Waals surface area contributed by atoms with Crippen LogP contribution in [0, 0.1) is 6.92 Å². The Hall–Kier alpha value is -1.62. The van der Waals surface area contributed by atoms with Crippen molar-refractivity contribution in [1.29, 1.82) is 0 Å². The molecule has 0 fully saturated rings. The SMILES string of the molecule is Cc1nnc(Cn2cccc2CN)n1C. The Morgan fingerprint density at radius 3 is 2.80 bits per heavy atom. The predicted molar refractivity (Wildman–Crippen MR) is 57.2 cm³/mol. The minimum atomic E-state index is 0.545. The van der Waals surface area contributed by atoms with Crippen molar-refractivity contribution in [2.75, 3.05) is 0 Å². The molecule has 0 saturated carbocycles. The second kappa shape index (κ2) is 3.86. The molecule has 0 bridgehead atoms. The van der Waals surface area contributed by atoms with Gasteiger partial charge >= 0.3 is 0 Å². The lowest BCUT2D eigenvalue weighted by atomic mass is 10.4. The Bertz CT molecular complexity index is 454. The zero-order valence-corrected chi connectivity index (χ0v) is 9.01. The van der Waals surface area contributed by atoms with Gasteiger partial charge in [-0.2, -0.15) is 0 Å². The minimum absolute atomic E-state index is 0.545. The Labute approximate surface area is 88.5 Å². The average Bonchev–Trinajstić information content (AvgIpc) is 2.80. The van der Waals surface area contributed by atoms with E-state index in [1.54, 1.807) is 0 Å². The summed E-state index contributed by atoms with van der Waals surface area (Å²) in [5.41, 5.74) is 6.74. The summed E-state index contributed by atoms with van der Waals surface area (Å²) in [7, 11) is 1.97. The van der Waals surface area contributed by atoms with Crippen molar-refractivity contribution < 1.29 is 0 Å². The molecule has 80 valence electrons. The number of rotatable bonds is 3. The van der Waals surface area contributed by atoms with E-state index >= 15 is 0 Å². The van der Waals surface area contributed by atoms with Crippen molar-refractivity contribution in [2.24, 2.45) is 12.8 Å². The van der Waals surface area contributed by atoms with E-state index in [1.165, 1.54) is 0 Å². The molecule has 5 nitrogen and oxygen atoms in total. The highest BCUT2D eigenvalue weighted by molar-refractivity contribution is 5.08. The number of nitrogens with two attached hydrogens (primary N) is 1. The molecule has 0 spiro atoms. The molecule has 2 N–H and O–H groups in total. The first kappa shape index (κ1) is 9.92. The van der Waals surface area contributed by atoms with Crippen LogP contribution < -0.4 is 5.73 Å². The quantitative estimate of drug-likeness (QED) is 0.790. The van der Waals surface area contributed by atoms with Gasteiger partial charge in [-0.1, -0.05) is 0 Å². The maximum Gasteiger partial charge on any atom is 0.152 e. The van der Waals surface area contributed by atoms with E-state index in [4.69, 9.17) is 5.73 Å². The number of hydrogen-bond acceptors (Lipinski definition) is 3. The van der Waals surface area contributed by atoms with E-state index in [0.717, 1.165) is 23.9 Å². The van der Waals surface area contributed by atoms with Gasteiger partial charge in [0.2, 0.25) is 0 Å². The zero-order chi connectivity index (χ0) is 10.8. The van der Waals surface area contributed by atoms with Crippen molar-refractivity contribution in [3.05, 3.63) is 35.7 Å². The molecule has 15 heavy (non-hydrogen) atoms. The lowest BCUT2D eigenvalue weighted by molar-refractivity contribution is 0.667. The number of hydrogen-bond donors (Lipinski definition) is 1. The van der Waals surface area contributed by atoms with Gasteiger partial charge in [0.05, 0.1) is 6.54 Å². The number of aromatic nitrogens is 4. The lowest BCUT2D eigenvalue weighted by Crippen LogP contribution is -2.10. The molecule has 0 radical (unpaired) electrons. The summed E-state index contributed by atoms with van der Waals surface area (Å²) in [6.07, 6.45) is 2.01. The fourth-order valence-electron chi connectivity index (χ4n) is 1.53. The lowest BCUT2D eigenvalue weighted by Gasteiger charge is -2.07. The van der Waals surface area contributed by atoms with Crippen LogP contribution in [0.2, 0.25) is 0 Å². The summed E-state index contributed by atoms with van der Waals surface area (Å²) in [5, 5.41) is 8.14. The van der Waals surface area contributed by atoms with E-state index in [0.29, 0.717) is 6.54 Å². The molecule has 2 aromatic heterocycles. The first-order valence-corrected chi connectivity index (χ1v) is 4.91. The summed E-state index contributed by atoms with van der Waals surface area (Å²) < 4.78 is 4.07. The molecule has 0 aromatic carbocycles. The summed E-state index contributed by atoms with van der Waals surface area (Å²) >= 11 is 0. The summed E-state index contributed by atoms with van der Waals surface area (Å²) in [4.78, 5) is 0. The fraction of sp³-hybridized carbons (Fsp3) is 0.400. The van der Waals surface area contributed by atoms with Crippen molar-refractivity contribution in [2.45, 2.75) is 20.0 Å². The average molecular weight is 205 g/mol. The van der Waals surface area contributed by atoms with Gasteiger partial charge in [-0.25, -0.2) is 0 Å². The maximum absolute atomic E-state index is 5.63. The maximum atomic E-state index is 5.63. The standard InChI is InChI=1S/C10H15N5/c1-8-12-13-10(14(8)2)7-15-5-3-4-9(15)6-11/h3-5H,6-7,11H2,1-2H3. The van der Waals surface area contributed by atoms with Gasteiger partial charge in [0, 0.05) is 25.5 Å². The molecule has 5 heteroatoms. The third-order valence-electron chi connectivity index (χ3n) is 2.63. The normalized spacial score (nSPS) is 10.9. The van der Waals surface area contributed by atoms with Crippen LogP contribution in [0.1, 0.15) is 17.3 Å². The monoisotopic (exact) mass is 205 g/mol. The Morgan fingerprint density at radius 1 is 1.40 bits per heavy atom. The molecule has 0 atom stereocenters. The van der Waals surface area contributed by atoms with Crippen LogP contribution in [0.4, 0.5) is 0 Å². The second-order valence-corrected chi connectivity index (χ2v) is 3.55. The highest BCUT2D eigenvalue weighted by Gasteiger charge is 2.06. The van der Waals surface area contributed by atoms with E-state index in [9.17, 15) is 0 Å². The van der Waals surface area contributed by atoms with Gasteiger partial charge in [-0.05, 0) is 19.1 Å². The van der Waals surface area contributed by atoms with Gasteiger partial charge in [0.15, 0.2) is 5.82 Å². The van der Waals surface area contributed by atoms with Gasteiger partial charge in [-0.3, -0.25) is 0 Å². The van der Waals surface area contributed by atoms with Gasteiger partial charge in [-0.15, -0.1) is 10.2 Å². The third-order valence-corrected chi connectivity index (χ3v) is 2.63. The Balaban J connectivity index is 2.25. The van der Waals surface area contributed by atoms with E-state index in [1.807, 2.05) is 36.9 Å². The molecule has 0 amide bonds. The van der Waals surface area contributed by atoms with E-state index in [2.05, 4.69) is 14.8 Å². The summed E-state index contributed by atoms with van der Waals surface area (Å²) in [6.45, 7) is 3.21. The van der Waals surface area contributed by atoms with Crippen LogP contribution in [0.15, 0.2) is 18.3 Å². The van der Waals surface area contributed by atoms with Crippen LogP contribution in [-0.2, 0) is 20.1 Å². The number of aryl methyl sites for hydroxylation is 1. The van der Waals surface area contributed by atoms with Gasteiger partial charge < -0.3 is 14.9 Å². The Morgan fingerprint density at radius 2 is 2.20 bits per heavy atom. The molecule has 0 unspecified atom stereocenters. The highest BCUT2D eigenvalue weighted by atomic mass is 15.3. The van der Waals surface area contributed by atoms with Crippen LogP contribution in [0.5, 0.6) is 0 Å². The molecule has 2 aromatic rings. The third kappa shape index (κ3) is 1.78. The van der Waals surface area contributed by atoms with Crippen molar-refractivity contribution in [1.82, 2.24) is 19.3 Å². The van der Waals surface area contributed by atoms with Crippen LogP contribution in [0.25, 0.3) is 0 Å². The zero-order valence-electron chi connectivity index (χ0n) is 9.01. The van der Waals surface area contributed by atoms with Crippen molar-refractivity contribution in [3.8, 4) is 0 Å². The Kier molecular flexibility index (Phi) is 2.55. The van der Waals surface area contributed by atoms with Crippen molar-refractivity contribution in [3.63, 3.8) is 0 Å². The smallest absolute Gasteiger partial charge is 0.152 e. The molecule has 2 rings (SSSR count). The summed E-state index contributed by atoms with van der Waals surface area (Å²) in [5.74, 6) is 1.87. The first-order valence-electron chi connectivity index (χ1n) is 4.91. The molecule has 0 saturated heterocycles. The fourth-order valence-corrected chi connectivity index (χ4v) is 1.53. The molecular formula is C10H15N5. The van der Waals surface area contributed by atoms with Crippen LogP contribution in [0.3, 0.4) is 0 Å². The topological polar surface area (TPSA) is 61.7 Å². The van der Waals surface area contributed by atoms with Crippen LogP contribution >= 0.6 is 0 Å². The number of nitrogens with zero attached hydrogens (tertiary/aromatic N) is 4. The van der Waals surface area contributed by atoms with E-state index < -0.39 is 0 Å². The highest BCUT2D eigenvalue weighted by Crippen LogP contribution is 2.06. The van der Waals surface area contributed by atoms with Crippen LogP contribution in [-0.4, -0.2) is 19.3 Å².